The van der Waals surface area contributed by atoms with Crippen LogP contribution in [-0.4, -0.2) is 18.3 Å². The second kappa shape index (κ2) is 4.38. The number of hydrogen-bond acceptors (Lipinski definition) is 2. The van der Waals surface area contributed by atoms with Crippen molar-refractivity contribution in [3.63, 3.8) is 0 Å². The molecule has 0 bridgehead atoms. The van der Waals surface area contributed by atoms with Gasteiger partial charge in [0, 0.05) is 29.1 Å². The van der Waals surface area contributed by atoms with E-state index >= 15 is 0 Å². The van der Waals surface area contributed by atoms with Gasteiger partial charge >= 0.3 is 0 Å². The minimum Gasteiger partial charge on any atom is -0.396 e. The molecule has 3 rings (SSSR count). The third kappa shape index (κ3) is 2.28. The molecule has 0 radical (unpaired) electrons. The predicted octanol–water partition coefficient (Wildman–Crippen LogP) is 2.80. The van der Waals surface area contributed by atoms with E-state index in [1.54, 1.807) is 0 Å². The van der Waals surface area contributed by atoms with E-state index in [-0.39, 0.29) is 5.41 Å². The lowest BCUT2D eigenvalue weighted by molar-refractivity contribution is 0.204. The Morgan fingerprint density at radius 2 is 2.24 bits per heavy atom. The maximum Gasteiger partial charge on any atom is 0.0499 e. The summed E-state index contributed by atoms with van der Waals surface area (Å²) < 4.78 is 1.17. The second-order valence-electron chi connectivity index (χ2n) is 5.47. The van der Waals surface area contributed by atoms with Gasteiger partial charge in [-0.05, 0) is 48.9 Å². The lowest BCUT2D eigenvalue weighted by Gasteiger charge is -2.18. The standard InChI is InChI=1S/C14H18BrNO/c15-11-2-3-12-10(7-11)1-4-13(12)16-8-14(9-17)5-6-14/h2-3,7,13,16-17H,1,4-6,8-9H2. The maximum absolute atomic E-state index is 9.32. The molecule has 0 amide bonds. The van der Waals surface area contributed by atoms with Gasteiger partial charge in [-0.25, -0.2) is 0 Å². The molecule has 1 fully saturated rings. The topological polar surface area (TPSA) is 32.3 Å². The first-order valence-electron chi connectivity index (χ1n) is 6.35. The van der Waals surface area contributed by atoms with Gasteiger partial charge in [-0.3, -0.25) is 0 Å². The van der Waals surface area contributed by atoms with E-state index in [1.807, 2.05) is 0 Å². The Kier molecular flexibility index (Phi) is 3.01. The molecule has 1 aromatic rings. The highest BCUT2D eigenvalue weighted by atomic mass is 79.9. The monoisotopic (exact) mass is 295 g/mol. The summed E-state index contributed by atoms with van der Waals surface area (Å²) in [5.41, 5.74) is 3.12. The Bertz CT molecular complexity index is 428. The molecule has 2 aliphatic carbocycles. The lowest BCUT2D eigenvalue weighted by atomic mass is 10.1. The van der Waals surface area contributed by atoms with E-state index in [0.29, 0.717) is 12.6 Å². The van der Waals surface area contributed by atoms with Crippen LogP contribution in [0.2, 0.25) is 0 Å². The smallest absolute Gasteiger partial charge is 0.0499 e. The lowest BCUT2D eigenvalue weighted by Crippen LogP contribution is -2.29. The van der Waals surface area contributed by atoms with Crippen LogP contribution in [0.15, 0.2) is 22.7 Å². The van der Waals surface area contributed by atoms with Gasteiger partial charge in [0.05, 0.1) is 0 Å². The molecular weight excluding hydrogens is 278 g/mol. The third-order valence-electron chi connectivity index (χ3n) is 4.20. The fraction of sp³-hybridized carbons (Fsp3) is 0.571. The fourth-order valence-corrected chi connectivity index (χ4v) is 3.11. The van der Waals surface area contributed by atoms with Gasteiger partial charge in [-0.15, -0.1) is 0 Å². The molecule has 1 saturated carbocycles. The van der Waals surface area contributed by atoms with Crippen LogP contribution in [0.25, 0.3) is 0 Å². The number of halogens is 1. The normalized spacial score (nSPS) is 24.7. The summed E-state index contributed by atoms with van der Waals surface area (Å²) in [4.78, 5) is 0. The zero-order chi connectivity index (χ0) is 11.9. The van der Waals surface area contributed by atoms with Crippen LogP contribution in [0.3, 0.4) is 0 Å². The Hall–Kier alpha value is -0.380. The molecule has 17 heavy (non-hydrogen) atoms. The average Bonchev–Trinajstić information content (AvgIpc) is 3.02. The third-order valence-corrected chi connectivity index (χ3v) is 4.69. The number of aliphatic hydroxyl groups is 1. The number of aryl methyl sites for hydroxylation is 1. The van der Waals surface area contributed by atoms with Crippen molar-refractivity contribution in [1.82, 2.24) is 5.32 Å². The molecule has 3 heteroatoms. The summed E-state index contributed by atoms with van der Waals surface area (Å²) in [6, 6.07) is 7.07. The van der Waals surface area contributed by atoms with Gasteiger partial charge < -0.3 is 10.4 Å². The molecule has 0 saturated heterocycles. The highest BCUT2D eigenvalue weighted by Crippen LogP contribution is 2.45. The first-order chi connectivity index (χ1) is 8.22. The maximum atomic E-state index is 9.32. The number of benzene rings is 1. The van der Waals surface area contributed by atoms with Crippen LogP contribution in [0.4, 0.5) is 0 Å². The zero-order valence-electron chi connectivity index (χ0n) is 9.88. The first kappa shape index (κ1) is 11.7. The highest BCUT2D eigenvalue weighted by molar-refractivity contribution is 9.10. The zero-order valence-corrected chi connectivity index (χ0v) is 11.5. The highest BCUT2D eigenvalue weighted by Gasteiger charge is 2.42. The van der Waals surface area contributed by atoms with E-state index in [2.05, 4.69) is 39.4 Å². The SMILES string of the molecule is OCC1(CNC2CCc3cc(Br)ccc32)CC1. The number of nitrogens with one attached hydrogen (secondary N) is 1. The summed E-state index contributed by atoms with van der Waals surface area (Å²) in [5.74, 6) is 0. The van der Waals surface area contributed by atoms with Crippen molar-refractivity contribution < 1.29 is 5.11 Å². The van der Waals surface area contributed by atoms with Gasteiger partial charge in [0.1, 0.15) is 0 Å². The minimum absolute atomic E-state index is 0.206. The van der Waals surface area contributed by atoms with Crippen LogP contribution in [0.1, 0.15) is 36.4 Å². The minimum atomic E-state index is 0.206. The molecule has 0 aromatic heterocycles. The van der Waals surface area contributed by atoms with Crippen LogP contribution in [-0.2, 0) is 6.42 Å². The van der Waals surface area contributed by atoms with E-state index in [4.69, 9.17) is 0 Å². The largest absolute Gasteiger partial charge is 0.396 e. The molecule has 2 nitrogen and oxygen atoms in total. The molecule has 0 heterocycles. The van der Waals surface area contributed by atoms with Crippen LogP contribution in [0, 0.1) is 5.41 Å². The second-order valence-corrected chi connectivity index (χ2v) is 6.39. The van der Waals surface area contributed by atoms with Crippen molar-refractivity contribution in [3.8, 4) is 0 Å². The molecule has 1 atom stereocenters. The predicted molar refractivity (Wildman–Crippen MR) is 72.0 cm³/mol. The van der Waals surface area contributed by atoms with Crippen molar-refractivity contribution >= 4 is 15.9 Å². The van der Waals surface area contributed by atoms with E-state index in [9.17, 15) is 5.11 Å². The molecule has 0 aliphatic heterocycles. The van der Waals surface area contributed by atoms with Crippen molar-refractivity contribution in [2.24, 2.45) is 5.41 Å². The van der Waals surface area contributed by atoms with Gasteiger partial charge in [0.15, 0.2) is 0 Å². The van der Waals surface area contributed by atoms with Gasteiger partial charge in [-0.1, -0.05) is 22.0 Å². The van der Waals surface area contributed by atoms with Crippen LogP contribution in [0.5, 0.6) is 0 Å². The van der Waals surface area contributed by atoms with E-state index in [0.717, 1.165) is 6.54 Å². The molecule has 1 unspecified atom stereocenters. The summed E-state index contributed by atoms with van der Waals surface area (Å²) in [7, 11) is 0. The average molecular weight is 296 g/mol. The Balaban J connectivity index is 1.67. The molecular formula is C14H18BrNO. The molecule has 0 spiro atoms. The van der Waals surface area contributed by atoms with E-state index < -0.39 is 0 Å². The van der Waals surface area contributed by atoms with Gasteiger partial charge in [-0.2, -0.15) is 0 Å². The van der Waals surface area contributed by atoms with Crippen LogP contribution >= 0.6 is 15.9 Å². The molecule has 2 N–H and O–H groups in total. The van der Waals surface area contributed by atoms with E-state index in [1.165, 1.54) is 41.3 Å². The molecule has 1 aromatic carbocycles. The summed E-state index contributed by atoms with van der Waals surface area (Å²) in [5, 5.41) is 13.0. The van der Waals surface area contributed by atoms with Crippen LogP contribution < -0.4 is 5.32 Å². The Morgan fingerprint density at radius 3 is 2.94 bits per heavy atom. The fourth-order valence-electron chi connectivity index (χ4n) is 2.71. The van der Waals surface area contributed by atoms with Crippen molar-refractivity contribution in [1.29, 1.82) is 0 Å². The van der Waals surface area contributed by atoms with Gasteiger partial charge in [0.25, 0.3) is 0 Å². The van der Waals surface area contributed by atoms with Gasteiger partial charge in [0.2, 0.25) is 0 Å². The van der Waals surface area contributed by atoms with Crippen molar-refractivity contribution in [2.45, 2.75) is 31.7 Å². The summed E-state index contributed by atoms with van der Waals surface area (Å²) in [6.07, 6.45) is 4.71. The van der Waals surface area contributed by atoms with Crippen molar-refractivity contribution in [3.05, 3.63) is 33.8 Å². The first-order valence-corrected chi connectivity index (χ1v) is 7.14. The van der Waals surface area contributed by atoms with Crippen molar-refractivity contribution in [2.75, 3.05) is 13.2 Å². The number of aliphatic hydroxyl groups excluding tert-OH is 1. The number of fused-ring (bicyclic) bond motifs is 1. The molecule has 2 aliphatic rings. The summed E-state index contributed by atoms with van der Waals surface area (Å²) in [6.45, 7) is 1.30. The quantitative estimate of drug-likeness (QED) is 0.895. The number of rotatable bonds is 4. The Morgan fingerprint density at radius 1 is 1.41 bits per heavy atom. The Labute approximate surface area is 111 Å². The number of hydrogen-bond donors (Lipinski definition) is 2. The summed E-state index contributed by atoms with van der Waals surface area (Å²) >= 11 is 3.52. The molecule has 92 valence electrons.